The Balaban J connectivity index is 1.65. The molecule has 2 rings (SSSR count). The van der Waals surface area contributed by atoms with E-state index in [1.54, 1.807) is 6.08 Å². The summed E-state index contributed by atoms with van der Waals surface area (Å²) in [5, 5.41) is 5.18. The second kappa shape index (κ2) is 9.05. The molecule has 2 N–H and O–H groups in total. The van der Waals surface area contributed by atoms with Crippen LogP contribution in [0.15, 0.2) is 37.1 Å². The van der Waals surface area contributed by atoms with Gasteiger partial charge in [0, 0.05) is 25.8 Å². The fraction of sp³-hybridized carbons (Fsp3) is 0.471. The Morgan fingerprint density at radius 3 is 2.65 bits per heavy atom. The number of likely N-dealkylation sites (tertiary alicyclic amines) is 1. The molecule has 6 nitrogen and oxygen atoms in total. The van der Waals surface area contributed by atoms with E-state index in [2.05, 4.69) is 27.1 Å². The van der Waals surface area contributed by atoms with Crippen molar-refractivity contribution in [3.8, 4) is 0 Å². The van der Waals surface area contributed by atoms with E-state index in [1.807, 2.05) is 24.4 Å². The molecule has 0 saturated carbocycles. The van der Waals surface area contributed by atoms with Crippen molar-refractivity contribution in [2.75, 3.05) is 26.2 Å². The van der Waals surface area contributed by atoms with Crippen molar-refractivity contribution in [2.45, 2.75) is 19.4 Å². The minimum Gasteiger partial charge on any atom is -0.348 e. The first-order chi connectivity index (χ1) is 11.2. The second-order valence-electron chi connectivity index (χ2n) is 5.75. The van der Waals surface area contributed by atoms with Crippen LogP contribution in [-0.2, 0) is 16.1 Å². The largest absolute Gasteiger partial charge is 0.348 e. The van der Waals surface area contributed by atoms with Crippen molar-refractivity contribution in [2.24, 2.45) is 5.92 Å². The smallest absolute Gasteiger partial charge is 0.309 e. The van der Waals surface area contributed by atoms with Crippen molar-refractivity contribution >= 4 is 11.8 Å². The molecule has 1 saturated heterocycles. The molecule has 1 aromatic rings. The minimum atomic E-state index is -0.600. The number of nitrogens with one attached hydrogen (secondary N) is 2. The van der Waals surface area contributed by atoms with Gasteiger partial charge in [-0.25, -0.2) is 0 Å². The maximum Gasteiger partial charge on any atom is 0.309 e. The third-order valence-electron chi connectivity index (χ3n) is 3.98. The van der Waals surface area contributed by atoms with Gasteiger partial charge in [-0.1, -0.05) is 12.1 Å². The fourth-order valence-electron chi connectivity index (χ4n) is 2.63. The molecular formula is C17H24N4O2. The standard InChI is InChI=1S/C17H24N4O2/c1-2-8-19-16(22)17(23)20-12-14-6-10-21(11-7-14)13-15-5-3-4-9-18-15/h2-5,9,14H,1,6-8,10-13H2,(H,19,22)(H,20,23). The monoisotopic (exact) mass is 316 g/mol. The molecule has 23 heavy (non-hydrogen) atoms. The van der Waals surface area contributed by atoms with Gasteiger partial charge in [0.2, 0.25) is 0 Å². The van der Waals surface area contributed by atoms with E-state index in [9.17, 15) is 9.59 Å². The zero-order valence-corrected chi connectivity index (χ0v) is 13.3. The van der Waals surface area contributed by atoms with Crippen molar-refractivity contribution in [1.82, 2.24) is 20.5 Å². The van der Waals surface area contributed by atoms with E-state index in [-0.39, 0.29) is 0 Å². The SMILES string of the molecule is C=CCNC(=O)C(=O)NCC1CCN(Cc2ccccn2)CC1. The Morgan fingerprint density at radius 2 is 2.00 bits per heavy atom. The number of rotatable bonds is 6. The Kier molecular flexibility index (Phi) is 6.75. The molecule has 1 aliphatic rings. The third kappa shape index (κ3) is 5.83. The predicted octanol–water partition coefficient (Wildman–Crippen LogP) is 0.712. The highest BCUT2D eigenvalue weighted by atomic mass is 16.2. The summed E-state index contributed by atoms with van der Waals surface area (Å²) in [6, 6.07) is 5.96. The minimum absolute atomic E-state index is 0.304. The van der Waals surface area contributed by atoms with Crippen molar-refractivity contribution in [1.29, 1.82) is 0 Å². The summed E-state index contributed by atoms with van der Waals surface area (Å²) in [6.45, 7) is 7.19. The molecule has 2 amide bonds. The summed E-state index contributed by atoms with van der Waals surface area (Å²) in [5.74, 6) is -0.744. The number of carbonyl (C=O) groups is 2. The van der Waals surface area contributed by atoms with Gasteiger partial charge < -0.3 is 10.6 Å². The lowest BCUT2D eigenvalue weighted by molar-refractivity contribution is -0.139. The zero-order chi connectivity index (χ0) is 16.5. The number of hydrogen-bond donors (Lipinski definition) is 2. The Morgan fingerprint density at radius 1 is 1.26 bits per heavy atom. The summed E-state index contributed by atoms with van der Waals surface area (Å²) in [4.78, 5) is 29.8. The van der Waals surface area contributed by atoms with Crippen LogP contribution in [0.5, 0.6) is 0 Å². The van der Waals surface area contributed by atoms with Gasteiger partial charge in [-0.05, 0) is 44.0 Å². The molecule has 0 spiro atoms. The predicted molar refractivity (Wildman–Crippen MR) is 88.5 cm³/mol. The number of nitrogens with zero attached hydrogens (tertiary/aromatic N) is 2. The first-order valence-electron chi connectivity index (χ1n) is 7.98. The molecule has 1 aliphatic heterocycles. The first kappa shape index (κ1) is 17.1. The summed E-state index contributed by atoms with van der Waals surface area (Å²) >= 11 is 0. The van der Waals surface area contributed by atoms with E-state index in [0.717, 1.165) is 38.2 Å². The van der Waals surface area contributed by atoms with Crippen LogP contribution in [0.25, 0.3) is 0 Å². The number of carbonyl (C=O) groups excluding carboxylic acids is 2. The molecule has 0 aliphatic carbocycles. The molecule has 0 radical (unpaired) electrons. The topological polar surface area (TPSA) is 74.3 Å². The molecule has 1 fully saturated rings. The van der Waals surface area contributed by atoms with Crippen LogP contribution in [0.1, 0.15) is 18.5 Å². The number of pyridine rings is 1. The Hall–Kier alpha value is -2.21. The highest BCUT2D eigenvalue weighted by Crippen LogP contribution is 2.17. The maximum atomic E-state index is 11.6. The average molecular weight is 316 g/mol. The molecular weight excluding hydrogens is 292 g/mol. The van der Waals surface area contributed by atoms with Crippen LogP contribution < -0.4 is 10.6 Å². The van der Waals surface area contributed by atoms with Crippen molar-refractivity contribution in [3.05, 3.63) is 42.7 Å². The second-order valence-corrected chi connectivity index (χ2v) is 5.75. The number of piperidine rings is 1. The summed E-state index contributed by atoms with van der Waals surface area (Å²) in [7, 11) is 0. The third-order valence-corrected chi connectivity index (χ3v) is 3.98. The molecule has 0 aromatic carbocycles. The maximum absolute atomic E-state index is 11.6. The number of hydrogen-bond acceptors (Lipinski definition) is 4. The quantitative estimate of drug-likeness (QED) is 0.599. The van der Waals surface area contributed by atoms with Gasteiger partial charge in [-0.3, -0.25) is 19.5 Å². The van der Waals surface area contributed by atoms with Crippen LogP contribution >= 0.6 is 0 Å². The lowest BCUT2D eigenvalue weighted by atomic mass is 9.96. The van der Waals surface area contributed by atoms with Gasteiger partial charge in [-0.2, -0.15) is 0 Å². The number of amides is 2. The van der Waals surface area contributed by atoms with Crippen molar-refractivity contribution < 1.29 is 9.59 Å². The zero-order valence-electron chi connectivity index (χ0n) is 13.3. The van der Waals surface area contributed by atoms with Gasteiger partial charge in [0.25, 0.3) is 0 Å². The van der Waals surface area contributed by atoms with Gasteiger partial charge in [0.15, 0.2) is 0 Å². The highest BCUT2D eigenvalue weighted by Gasteiger charge is 2.21. The first-order valence-corrected chi connectivity index (χ1v) is 7.98. The average Bonchev–Trinajstić information content (AvgIpc) is 2.59. The fourth-order valence-corrected chi connectivity index (χ4v) is 2.63. The highest BCUT2D eigenvalue weighted by molar-refractivity contribution is 6.35. The molecule has 2 heterocycles. The van der Waals surface area contributed by atoms with Crippen LogP contribution in [-0.4, -0.2) is 47.9 Å². The number of aromatic nitrogens is 1. The Bertz CT molecular complexity index is 525. The molecule has 0 atom stereocenters. The van der Waals surface area contributed by atoms with Crippen LogP contribution in [0.2, 0.25) is 0 Å². The molecule has 0 unspecified atom stereocenters. The van der Waals surface area contributed by atoms with Crippen LogP contribution in [0.4, 0.5) is 0 Å². The molecule has 124 valence electrons. The van der Waals surface area contributed by atoms with E-state index >= 15 is 0 Å². The molecule has 6 heteroatoms. The van der Waals surface area contributed by atoms with E-state index in [1.165, 1.54) is 0 Å². The Labute approximate surface area is 137 Å². The summed E-state index contributed by atoms with van der Waals surface area (Å²) < 4.78 is 0. The molecule has 1 aromatic heterocycles. The normalized spacial score (nSPS) is 15.8. The lowest BCUT2D eigenvalue weighted by Crippen LogP contribution is -2.43. The summed E-state index contributed by atoms with van der Waals surface area (Å²) in [6.07, 6.45) is 5.39. The van der Waals surface area contributed by atoms with Crippen LogP contribution in [0.3, 0.4) is 0 Å². The summed E-state index contributed by atoms with van der Waals surface area (Å²) in [5.41, 5.74) is 1.08. The van der Waals surface area contributed by atoms with E-state index < -0.39 is 11.8 Å². The van der Waals surface area contributed by atoms with Gasteiger partial charge in [-0.15, -0.1) is 6.58 Å². The van der Waals surface area contributed by atoms with Crippen LogP contribution in [0, 0.1) is 5.92 Å². The van der Waals surface area contributed by atoms with Gasteiger partial charge in [0.1, 0.15) is 0 Å². The molecule has 0 bridgehead atoms. The van der Waals surface area contributed by atoms with Gasteiger partial charge >= 0.3 is 11.8 Å². The lowest BCUT2D eigenvalue weighted by Gasteiger charge is -2.31. The van der Waals surface area contributed by atoms with Crippen molar-refractivity contribution in [3.63, 3.8) is 0 Å². The van der Waals surface area contributed by atoms with E-state index in [0.29, 0.717) is 19.0 Å². The van der Waals surface area contributed by atoms with Gasteiger partial charge in [0.05, 0.1) is 5.69 Å². The van der Waals surface area contributed by atoms with E-state index in [4.69, 9.17) is 0 Å².